The lowest BCUT2D eigenvalue weighted by molar-refractivity contribution is -0.112. The van der Waals surface area contributed by atoms with Gasteiger partial charge >= 0.3 is 0 Å². The number of nitrogens with one attached hydrogen (secondary N) is 4. The Bertz CT molecular complexity index is 1330. The van der Waals surface area contributed by atoms with Gasteiger partial charge in [0.2, 0.25) is 5.78 Å². The Morgan fingerprint density at radius 1 is 0.769 bits per heavy atom. The molecule has 126 valence electrons. The smallest absolute Gasteiger partial charge is 0.211 e. The fourth-order valence-corrected chi connectivity index (χ4v) is 3.23. The highest BCUT2D eigenvalue weighted by atomic mass is 16.1. The van der Waals surface area contributed by atoms with Gasteiger partial charge in [-0.15, -0.1) is 0 Å². The van der Waals surface area contributed by atoms with Crippen LogP contribution >= 0.6 is 0 Å². The van der Waals surface area contributed by atoms with E-state index in [0.717, 1.165) is 32.8 Å². The van der Waals surface area contributed by atoms with Crippen LogP contribution in [0.25, 0.3) is 24.3 Å². The second-order valence-corrected chi connectivity index (χ2v) is 6.41. The number of nitrogens with zero attached hydrogens (tertiary/aromatic N) is 1. The van der Waals surface area contributed by atoms with Gasteiger partial charge in [-0.2, -0.15) is 0 Å². The van der Waals surface area contributed by atoms with Crippen LogP contribution in [0, 0.1) is 5.41 Å². The molecule has 1 unspecified atom stereocenters. The molecule has 4 N–H and O–H groups in total. The molecule has 0 spiro atoms. The number of aromatic amines is 3. The fourth-order valence-electron chi connectivity index (χ4n) is 3.23. The number of rotatable bonds is 0. The molecule has 5 rings (SSSR count). The van der Waals surface area contributed by atoms with Gasteiger partial charge in [0.15, 0.2) is 0 Å². The van der Waals surface area contributed by atoms with E-state index in [-0.39, 0.29) is 11.5 Å². The molecule has 2 aliphatic rings. The van der Waals surface area contributed by atoms with Gasteiger partial charge in [-0.1, -0.05) is 0 Å². The number of hydrogen-bond acceptors (Lipinski definition) is 3. The largest absolute Gasteiger partial charge is 0.356 e. The molecule has 0 aliphatic carbocycles. The first-order chi connectivity index (χ1) is 12.6. The van der Waals surface area contributed by atoms with Crippen LogP contribution in [0.2, 0.25) is 0 Å². The molecule has 1 atom stereocenters. The maximum absolute atomic E-state index is 12.4. The standard InChI is InChI=1S/C20H15N5O/c21-19-17-9-15-5-3-13(23-15)7-11-1-2-12(22-11)8-14-4-6-16(24-14)10-18(25-17)20(19)26/h1-10,18,21-24H/b13-7-,14-8-,15-9-,16-10-,21-19?. The Morgan fingerprint density at radius 2 is 1.35 bits per heavy atom. The monoisotopic (exact) mass is 341 g/mol. The first-order valence-corrected chi connectivity index (χ1v) is 8.31. The lowest BCUT2D eigenvalue weighted by Crippen LogP contribution is -2.23. The van der Waals surface area contributed by atoms with Gasteiger partial charge in [0.25, 0.3) is 0 Å². The summed E-state index contributed by atoms with van der Waals surface area (Å²) in [6.07, 6.45) is 7.51. The van der Waals surface area contributed by atoms with Crippen LogP contribution in [0.3, 0.4) is 0 Å². The molecule has 0 amide bonds. The summed E-state index contributed by atoms with van der Waals surface area (Å²) in [6.45, 7) is 0. The topological polar surface area (TPSA) is 101 Å². The molecular formula is C20H15N5O. The summed E-state index contributed by atoms with van der Waals surface area (Å²) in [5, 5.41) is 11.5. The van der Waals surface area contributed by atoms with Gasteiger partial charge < -0.3 is 15.0 Å². The predicted octanol–water partition coefficient (Wildman–Crippen LogP) is -0.685. The van der Waals surface area contributed by atoms with Crippen molar-refractivity contribution in [2.24, 2.45) is 4.99 Å². The molecule has 8 bridgehead atoms. The SMILES string of the molecule is N=C1C(=O)C2/C=c3/cc/c([nH]3)=C/c3ccc([nH]3)/C=c3/cc/c([nH]3)=C/C1=N2. The van der Waals surface area contributed by atoms with Crippen molar-refractivity contribution in [3.63, 3.8) is 0 Å². The zero-order chi connectivity index (χ0) is 17.7. The normalized spacial score (nSPS) is 23.7. The van der Waals surface area contributed by atoms with Crippen LogP contribution in [-0.4, -0.2) is 38.2 Å². The second-order valence-electron chi connectivity index (χ2n) is 6.41. The van der Waals surface area contributed by atoms with Crippen LogP contribution in [-0.2, 0) is 4.79 Å². The summed E-state index contributed by atoms with van der Waals surface area (Å²) < 4.78 is 0. The van der Waals surface area contributed by atoms with Crippen molar-refractivity contribution in [2.75, 3.05) is 0 Å². The summed E-state index contributed by atoms with van der Waals surface area (Å²) in [5.41, 5.74) is 2.31. The number of carbonyl (C=O) groups is 1. The Balaban J connectivity index is 1.78. The third-order valence-corrected chi connectivity index (χ3v) is 4.49. The van der Waals surface area contributed by atoms with Crippen molar-refractivity contribution < 1.29 is 4.79 Å². The van der Waals surface area contributed by atoms with E-state index in [1.807, 2.05) is 48.6 Å². The number of H-pyrrole nitrogens is 3. The average Bonchev–Trinajstić information content (AvgIpc) is 3.38. The Labute approximate surface area is 147 Å². The van der Waals surface area contributed by atoms with Gasteiger partial charge in [-0.25, -0.2) is 0 Å². The van der Waals surface area contributed by atoms with E-state index in [4.69, 9.17) is 5.41 Å². The highest BCUT2D eigenvalue weighted by molar-refractivity contribution is 6.75. The summed E-state index contributed by atoms with van der Waals surface area (Å²) in [5.74, 6) is -0.285. The Morgan fingerprint density at radius 3 is 2.04 bits per heavy atom. The predicted molar refractivity (Wildman–Crippen MR) is 101 cm³/mol. The number of aromatic nitrogens is 3. The van der Waals surface area contributed by atoms with Gasteiger partial charge in [0.1, 0.15) is 11.8 Å². The molecular weight excluding hydrogens is 326 g/mol. The summed E-state index contributed by atoms with van der Waals surface area (Å²) >= 11 is 0. The third kappa shape index (κ3) is 2.48. The lowest BCUT2D eigenvalue weighted by atomic mass is 10.1. The first kappa shape index (κ1) is 14.7. The molecule has 3 aromatic heterocycles. The first-order valence-electron chi connectivity index (χ1n) is 8.31. The van der Waals surface area contributed by atoms with Gasteiger partial charge in [-0.3, -0.25) is 15.2 Å². The van der Waals surface area contributed by atoms with Crippen molar-refractivity contribution in [3.8, 4) is 0 Å². The molecule has 5 heterocycles. The molecule has 0 radical (unpaired) electrons. The van der Waals surface area contributed by atoms with E-state index >= 15 is 0 Å². The molecule has 26 heavy (non-hydrogen) atoms. The van der Waals surface area contributed by atoms with Gasteiger partial charge in [0, 0.05) is 32.8 Å². The molecule has 6 nitrogen and oxygen atoms in total. The molecule has 0 aromatic carbocycles. The Kier molecular flexibility index (Phi) is 3.05. The van der Waals surface area contributed by atoms with Gasteiger partial charge in [0.05, 0.1) is 5.71 Å². The highest BCUT2D eigenvalue weighted by Gasteiger charge is 2.29. The number of carbonyl (C=O) groups excluding carboxylic acids is 1. The van der Waals surface area contributed by atoms with Crippen LogP contribution < -0.4 is 21.4 Å². The number of ketones is 1. The van der Waals surface area contributed by atoms with Crippen molar-refractivity contribution in [1.29, 1.82) is 5.41 Å². The number of aliphatic imine (C=N–C) groups is 1. The van der Waals surface area contributed by atoms with Crippen LogP contribution in [0.4, 0.5) is 0 Å². The lowest BCUT2D eigenvalue weighted by Gasteiger charge is -1.94. The number of fused-ring (bicyclic) bond motifs is 7. The summed E-state index contributed by atoms with van der Waals surface area (Å²) in [4.78, 5) is 26.7. The van der Waals surface area contributed by atoms with Crippen LogP contribution in [0.15, 0.2) is 41.4 Å². The average molecular weight is 341 g/mol. The van der Waals surface area contributed by atoms with Crippen molar-refractivity contribution in [3.05, 3.63) is 69.2 Å². The van der Waals surface area contributed by atoms with E-state index in [1.54, 1.807) is 12.2 Å². The van der Waals surface area contributed by atoms with Gasteiger partial charge in [-0.05, 0) is 60.7 Å². The zero-order valence-electron chi connectivity index (χ0n) is 13.7. The molecule has 0 fully saturated rings. The van der Waals surface area contributed by atoms with Crippen molar-refractivity contribution in [2.45, 2.75) is 6.04 Å². The molecule has 2 aliphatic heterocycles. The second kappa shape index (κ2) is 5.42. The number of hydrogen-bond donors (Lipinski definition) is 4. The quantitative estimate of drug-likeness (QED) is 0.428. The molecule has 0 saturated carbocycles. The van der Waals surface area contributed by atoms with Crippen LogP contribution in [0.1, 0.15) is 11.4 Å². The molecule has 3 aromatic rings. The minimum absolute atomic E-state index is 0.0531. The summed E-state index contributed by atoms with van der Waals surface area (Å²) in [6, 6.07) is 11.1. The van der Waals surface area contributed by atoms with E-state index in [0.29, 0.717) is 5.71 Å². The van der Waals surface area contributed by atoms with Crippen molar-refractivity contribution >= 4 is 41.5 Å². The Hall–Kier alpha value is -3.67. The number of Topliss-reactive ketones (excluding diaryl/α,β-unsaturated/α-hetero) is 1. The van der Waals surface area contributed by atoms with Crippen molar-refractivity contribution in [1.82, 2.24) is 15.0 Å². The van der Waals surface area contributed by atoms with Crippen LogP contribution in [0.5, 0.6) is 0 Å². The summed E-state index contributed by atoms with van der Waals surface area (Å²) in [7, 11) is 0. The molecule has 0 saturated heterocycles. The van der Waals surface area contributed by atoms with E-state index in [2.05, 4.69) is 19.9 Å². The minimum Gasteiger partial charge on any atom is -0.356 e. The zero-order valence-corrected chi connectivity index (χ0v) is 13.7. The van der Waals surface area contributed by atoms with E-state index in [9.17, 15) is 4.79 Å². The van der Waals surface area contributed by atoms with E-state index in [1.165, 1.54) is 0 Å². The molecule has 6 heteroatoms. The minimum atomic E-state index is -0.661. The van der Waals surface area contributed by atoms with E-state index < -0.39 is 6.04 Å². The fraction of sp³-hybridized carbons (Fsp3) is 0.0500. The maximum Gasteiger partial charge on any atom is 0.211 e. The maximum atomic E-state index is 12.4. The highest BCUT2D eigenvalue weighted by Crippen LogP contribution is 2.09. The third-order valence-electron chi connectivity index (χ3n) is 4.49.